The summed E-state index contributed by atoms with van der Waals surface area (Å²) in [5.74, 6) is 1.53. The summed E-state index contributed by atoms with van der Waals surface area (Å²) in [5, 5.41) is 3.28. The van der Waals surface area contributed by atoms with Crippen molar-refractivity contribution in [1.29, 1.82) is 0 Å². The number of rotatable bonds is 4. The van der Waals surface area contributed by atoms with Gasteiger partial charge in [-0.15, -0.1) is 0 Å². The van der Waals surface area contributed by atoms with Crippen molar-refractivity contribution < 1.29 is 9.53 Å². The van der Waals surface area contributed by atoms with Gasteiger partial charge in [-0.2, -0.15) is 0 Å². The van der Waals surface area contributed by atoms with Crippen LogP contribution < -0.4 is 10.1 Å². The Labute approximate surface area is 95.8 Å². The number of nitrogens with one attached hydrogen (secondary N) is 1. The highest BCUT2D eigenvalue weighted by Gasteiger charge is 2.18. The summed E-state index contributed by atoms with van der Waals surface area (Å²) in [6.45, 7) is 2.02. The molecule has 2 rings (SSSR count). The molecule has 1 unspecified atom stereocenters. The first-order valence-corrected chi connectivity index (χ1v) is 5.67. The van der Waals surface area contributed by atoms with E-state index in [0.717, 1.165) is 30.8 Å². The zero-order valence-electron chi connectivity index (χ0n) is 9.53. The number of carbonyl (C=O) groups excluding carboxylic acids is 1. The second-order valence-corrected chi connectivity index (χ2v) is 4.21. The first-order valence-electron chi connectivity index (χ1n) is 5.67. The van der Waals surface area contributed by atoms with E-state index < -0.39 is 0 Å². The Morgan fingerprint density at radius 3 is 2.75 bits per heavy atom. The molecule has 1 fully saturated rings. The fourth-order valence-electron chi connectivity index (χ4n) is 2.05. The Bertz CT molecular complexity index is 353. The van der Waals surface area contributed by atoms with E-state index in [0.29, 0.717) is 12.3 Å². The third kappa shape index (κ3) is 2.61. The minimum Gasteiger partial charge on any atom is -0.497 e. The molecule has 1 aromatic carbocycles. The minimum absolute atomic E-state index is 0.233. The molecular formula is C13H17NO2. The number of ketones is 1. The minimum atomic E-state index is 0.233. The predicted octanol–water partition coefficient (Wildman–Crippen LogP) is 1.88. The molecule has 16 heavy (non-hydrogen) atoms. The van der Waals surface area contributed by atoms with Gasteiger partial charge in [0.15, 0.2) is 5.78 Å². The Morgan fingerprint density at radius 1 is 1.44 bits per heavy atom. The van der Waals surface area contributed by atoms with Gasteiger partial charge in [0.05, 0.1) is 7.11 Å². The van der Waals surface area contributed by atoms with Crippen LogP contribution in [0.25, 0.3) is 0 Å². The highest BCUT2D eigenvalue weighted by atomic mass is 16.5. The summed E-state index contributed by atoms with van der Waals surface area (Å²) < 4.78 is 5.06. The molecule has 0 aromatic heterocycles. The Hall–Kier alpha value is -1.35. The lowest BCUT2D eigenvalue weighted by atomic mass is 9.98. The summed E-state index contributed by atoms with van der Waals surface area (Å²) in [6, 6.07) is 7.34. The summed E-state index contributed by atoms with van der Waals surface area (Å²) in [7, 11) is 1.63. The molecule has 1 atom stereocenters. The SMILES string of the molecule is COc1ccc(C(=O)CC2CCNC2)cc1. The zero-order valence-corrected chi connectivity index (χ0v) is 9.53. The monoisotopic (exact) mass is 219 g/mol. The summed E-state index contributed by atoms with van der Waals surface area (Å²) in [4.78, 5) is 11.9. The molecule has 86 valence electrons. The van der Waals surface area contributed by atoms with Crippen LogP contribution in [0, 0.1) is 5.92 Å². The summed E-state index contributed by atoms with van der Waals surface area (Å²) in [5.41, 5.74) is 0.785. The number of methoxy groups -OCH3 is 1. The van der Waals surface area contributed by atoms with Crippen LogP contribution in [0.3, 0.4) is 0 Å². The van der Waals surface area contributed by atoms with Crippen molar-refractivity contribution in [2.75, 3.05) is 20.2 Å². The molecule has 1 aliphatic heterocycles. The third-order valence-corrected chi connectivity index (χ3v) is 3.05. The van der Waals surface area contributed by atoms with E-state index in [4.69, 9.17) is 4.74 Å². The molecule has 0 amide bonds. The van der Waals surface area contributed by atoms with Gasteiger partial charge in [0, 0.05) is 12.0 Å². The van der Waals surface area contributed by atoms with E-state index >= 15 is 0 Å². The lowest BCUT2D eigenvalue weighted by Gasteiger charge is -2.07. The predicted molar refractivity (Wildman–Crippen MR) is 62.9 cm³/mol. The normalized spacial score (nSPS) is 19.7. The molecule has 0 radical (unpaired) electrons. The fourth-order valence-corrected chi connectivity index (χ4v) is 2.05. The van der Waals surface area contributed by atoms with Crippen molar-refractivity contribution in [3.8, 4) is 5.75 Å². The van der Waals surface area contributed by atoms with Crippen molar-refractivity contribution in [1.82, 2.24) is 5.32 Å². The van der Waals surface area contributed by atoms with Crippen LogP contribution in [-0.2, 0) is 0 Å². The van der Waals surface area contributed by atoms with Crippen molar-refractivity contribution in [2.24, 2.45) is 5.92 Å². The summed E-state index contributed by atoms with van der Waals surface area (Å²) in [6.07, 6.45) is 1.77. The van der Waals surface area contributed by atoms with Crippen LogP contribution in [0.2, 0.25) is 0 Å². The fraction of sp³-hybridized carbons (Fsp3) is 0.462. The van der Waals surface area contributed by atoms with Crippen LogP contribution >= 0.6 is 0 Å². The van der Waals surface area contributed by atoms with Crippen LogP contribution in [0.15, 0.2) is 24.3 Å². The van der Waals surface area contributed by atoms with Crippen LogP contribution in [-0.4, -0.2) is 26.0 Å². The van der Waals surface area contributed by atoms with Gasteiger partial charge < -0.3 is 10.1 Å². The quantitative estimate of drug-likeness (QED) is 0.786. The van der Waals surface area contributed by atoms with Gasteiger partial charge in [0.25, 0.3) is 0 Å². The van der Waals surface area contributed by atoms with Crippen molar-refractivity contribution in [2.45, 2.75) is 12.8 Å². The maximum Gasteiger partial charge on any atom is 0.163 e. The maximum absolute atomic E-state index is 11.9. The Balaban J connectivity index is 1.97. The molecule has 1 heterocycles. The van der Waals surface area contributed by atoms with Crippen LogP contribution in [0.1, 0.15) is 23.2 Å². The topological polar surface area (TPSA) is 38.3 Å². The van der Waals surface area contributed by atoms with E-state index in [2.05, 4.69) is 5.32 Å². The van der Waals surface area contributed by atoms with Crippen LogP contribution in [0.5, 0.6) is 5.75 Å². The molecule has 0 aliphatic carbocycles. The highest BCUT2D eigenvalue weighted by Crippen LogP contribution is 2.18. The molecule has 1 N–H and O–H groups in total. The van der Waals surface area contributed by atoms with Gasteiger partial charge in [-0.3, -0.25) is 4.79 Å². The van der Waals surface area contributed by atoms with Gasteiger partial charge in [0.2, 0.25) is 0 Å². The number of hydrogen-bond donors (Lipinski definition) is 1. The molecule has 1 aromatic rings. The molecule has 3 heteroatoms. The first kappa shape index (κ1) is 11.1. The van der Waals surface area contributed by atoms with Gasteiger partial charge in [-0.05, 0) is 49.7 Å². The Kier molecular flexibility index (Phi) is 3.57. The lowest BCUT2D eigenvalue weighted by Crippen LogP contribution is -2.12. The molecule has 3 nitrogen and oxygen atoms in total. The van der Waals surface area contributed by atoms with E-state index in [-0.39, 0.29) is 5.78 Å². The average molecular weight is 219 g/mol. The molecule has 0 spiro atoms. The van der Waals surface area contributed by atoms with Crippen LogP contribution in [0.4, 0.5) is 0 Å². The third-order valence-electron chi connectivity index (χ3n) is 3.05. The van der Waals surface area contributed by atoms with Gasteiger partial charge in [0.1, 0.15) is 5.75 Å². The molecule has 1 saturated heterocycles. The second-order valence-electron chi connectivity index (χ2n) is 4.21. The van der Waals surface area contributed by atoms with Gasteiger partial charge in [-0.25, -0.2) is 0 Å². The van der Waals surface area contributed by atoms with Crippen molar-refractivity contribution in [3.05, 3.63) is 29.8 Å². The largest absolute Gasteiger partial charge is 0.497 e. The number of ether oxygens (including phenoxy) is 1. The standard InChI is InChI=1S/C13H17NO2/c1-16-12-4-2-11(3-5-12)13(15)8-10-6-7-14-9-10/h2-5,10,14H,6-9H2,1H3. The number of Topliss-reactive ketones (excluding diaryl/α,β-unsaturated/α-hetero) is 1. The van der Waals surface area contributed by atoms with Gasteiger partial charge >= 0.3 is 0 Å². The number of benzene rings is 1. The maximum atomic E-state index is 11.9. The Morgan fingerprint density at radius 2 is 2.19 bits per heavy atom. The molecule has 0 bridgehead atoms. The molecular weight excluding hydrogens is 202 g/mol. The van der Waals surface area contributed by atoms with E-state index in [1.165, 1.54) is 0 Å². The molecule has 0 saturated carbocycles. The van der Waals surface area contributed by atoms with Crippen molar-refractivity contribution >= 4 is 5.78 Å². The second kappa shape index (κ2) is 5.12. The highest BCUT2D eigenvalue weighted by molar-refractivity contribution is 5.96. The first-order chi connectivity index (χ1) is 7.79. The summed E-state index contributed by atoms with van der Waals surface area (Å²) >= 11 is 0. The average Bonchev–Trinajstić information content (AvgIpc) is 2.82. The number of carbonyl (C=O) groups is 1. The van der Waals surface area contributed by atoms with E-state index in [1.807, 2.05) is 24.3 Å². The number of hydrogen-bond acceptors (Lipinski definition) is 3. The zero-order chi connectivity index (χ0) is 11.4. The molecule has 1 aliphatic rings. The van der Waals surface area contributed by atoms with Gasteiger partial charge in [-0.1, -0.05) is 0 Å². The van der Waals surface area contributed by atoms with E-state index in [1.54, 1.807) is 7.11 Å². The lowest BCUT2D eigenvalue weighted by molar-refractivity contribution is 0.0964. The smallest absolute Gasteiger partial charge is 0.163 e. The van der Waals surface area contributed by atoms with E-state index in [9.17, 15) is 4.79 Å². The van der Waals surface area contributed by atoms with Crippen molar-refractivity contribution in [3.63, 3.8) is 0 Å².